The van der Waals surface area contributed by atoms with Crippen LogP contribution in [-0.4, -0.2) is 0 Å². The van der Waals surface area contributed by atoms with Crippen molar-refractivity contribution in [3.63, 3.8) is 0 Å². The molecule has 2 heteroatoms. The smallest absolute Gasteiger partial charge is 0.0542 e. The Kier molecular flexibility index (Phi) is 7.87. The number of benzene rings is 3. The predicted molar refractivity (Wildman–Crippen MR) is 158 cm³/mol. The van der Waals surface area contributed by atoms with Crippen LogP contribution in [0.5, 0.6) is 0 Å². The second-order valence-electron chi connectivity index (χ2n) is 9.62. The molecule has 0 fully saturated rings. The van der Waals surface area contributed by atoms with Crippen molar-refractivity contribution in [1.82, 2.24) is 0 Å². The summed E-state index contributed by atoms with van der Waals surface area (Å²) < 4.78 is 5.64. The van der Waals surface area contributed by atoms with E-state index in [4.69, 9.17) is 0 Å². The molecule has 0 saturated heterocycles. The summed E-state index contributed by atoms with van der Waals surface area (Å²) in [6.07, 6.45) is 11.5. The molecule has 3 aromatic carbocycles. The van der Waals surface area contributed by atoms with Gasteiger partial charge >= 0.3 is 0 Å². The van der Waals surface area contributed by atoms with E-state index in [1.54, 1.807) is 0 Å². The molecule has 0 bridgehead atoms. The van der Waals surface area contributed by atoms with Gasteiger partial charge in [0, 0.05) is 31.3 Å². The molecule has 0 unspecified atom stereocenters. The van der Waals surface area contributed by atoms with Gasteiger partial charge in [0.2, 0.25) is 0 Å². The van der Waals surface area contributed by atoms with Gasteiger partial charge in [0.15, 0.2) is 0 Å². The van der Waals surface area contributed by atoms with Crippen LogP contribution in [0.15, 0.2) is 60.7 Å². The summed E-state index contributed by atoms with van der Waals surface area (Å²) in [5.41, 5.74) is 5.09. The Morgan fingerprint density at radius 2 is 1.09 bits per heavy atom. The number of unbranched alkanes of at least 4 members (excludes halogenated alkanes) is 5. The molecule has 2 heterocycles. The Balaban J connectivity index is 1.34. The van der Waals surface area contributed by atoms with Gasteiger partial charge in [-0.25, -0.2) is 0 Å². The molecular formula is C33H34S2. The Labute approximate surface area is 218 Å². The first-order valence-electron chi connectivity index (χ1n) is 13.2. The normalized spacial score (nSPS) is 11.4. The summed E-state index contributed by atoms with van der Waals surface area (Å²) in [6.45, 7) is 4.53. The van der Waals surface area contributed by atoms with E-state index < -0.39 is 0 Å². The SMILES string of the molecule is CCCCCCc1ccc2c(c1)sc1c3ccc(C#Cc4ccc(CCCCC)cc4)cc3sc21. The fourth-order valence-corrected chi connectivity index (χ4v) is 7.52. The molecule has 5 aromatic rings. The van der Waals surface area contributed by atoms with Gasteiger partial charge in [-0.3, -0.25) is 0 Å². The quantitative estimate of drug-likeness (QED) is 0.141. The van der Waals surface area contributed by atoms with Crippen LogP contribution in [0.25, 0.3) is 29.6 Å². The van der Waals surface area contributed by atoms with Crippen molar-refractivity contribution in [2.45, 2.75) is 71.6 Å². The summed E-state index contributed by atoms with van der Waals surface area (Å²) in [4.78, 5) is 0. The number of fused-ring (bicyclic) bond motifs is 5. The van der Waals surface area contributed by atoms with Crippen LogP contribution in [0, 0.1) is 11.8 Å². The van der Waals surface area contributed by atoms with Crippen LogP contribution in [0.2, 0.25) is 0 Å². The first kappa shape index (κ1) is 24.1. The first-order chi connectivity index (χ1) is 17.2. The standard InChI is InChI=1S/C33H34S2/c1-3-5-7-9-11-26-18-20-28-30(22-26)34-33-29-21-19-27(23-31(29)35-32(28)33)17-16-25-14-12-24(13-15-25)10-8-6-4-2/h12-15,18-23H,3-11H2,1-2H3. The van der Waals surface area contributed by atoms with Gasteiger partial charge in [-0.2, -0.15) is 0 Å². The Bertz CT molecular complexity index is 1490. The molecule has 0 atom stereocenters. The molecule has 2 aromatic heterocycles. The molecule has 0 radical (unpaired) electrons. The molecule has 5 rings (SSSR count). The molecule has 0 aliphatic heterocycles. The maximum atomic E-state index is 3.39. The van der Waals surface area contributed by atoms with E-state index in [0.717, 1.165) is 11.1 Å². The van der Waals surface area contributed by atoms with E-state index in [1.807, 2.05) is 22.7 Å². The van der Waals surface area contributed by atoms with Crippen LogP contribution in [0.3, 0.4) is 0 Å². The molecule has 0 aliphatic carbocycles. The molecule has 0 aliphatic rings. The zero-order valence-corrected chi connectivity index (χ0v) is 22.6. The number of thiophene rings is 2. The molecule has 0 saturated carbocycles. The average Bonchev–Trinajstić information content (AvgIpc) is 3.41. The zero-order chi connectivity index (χ0) is 24.0. The minimum Gasteiger partial charge on any atom is -0.134 e. The zero-order valence-electron chi connectivity index (χ0n) is 21.0. The van der Waals surface area contributed by atoms with Crippen LogP contribution < -0.4 is 0 Å². The van der Waals surface area contributed by atoms with Crippen molar-refractivity contribution in [3.8, 4) is 11.8 Å². The van der Waals surface area contributed by atoms with E-state index >= 15 is 0 Å². The van der Waals surface area contributed by atoms with Crippen LogP contribution in [0.4, 0.5) is 0 Å². The lowest BCUT2D eigenvalue weighted by molar-refractivity contribution is 0.667. The highest BCUT2D eigenvalue weighted by molar-refractivity contribution is 7.36. The van der Waals surface area contributed by atoms with Crippen molar-refractivity contribution < 1.29 is 0 Å². The number of rotatable bonds is 9. The molecule has 0 nitrogen and oxygen atoms in total. The van der Waals surface area contributed by atoms with Crippen molar-refractivity contribution in [2.75, 3.05) is 0 Å². The third kappa shape index (κ3) is 5.64. The Morgan fingerprint density at radius 1 is 0.543 bits per heavy atom. The topological polar surface area (TPSA) is 0 Å². The maximum Gasteiger partial charge on any atom is 0.0542 e. The lowest BCUT2D eigenvalue weighted by Crippen LogP contribution is -1.85. The van der Waals surface area contributed by atoms with E-state index in [9.17, 15) is 0 Å². The van der Waals surface area contributed by atoms with Gasteiger partial charge in [-0.05, 0) is 67.1 Å². The summed E-state index contributed by atoms with van der Waals surface area (Å²) >= 11 is 3.87. The predicted octanol–water partition coefficient (Wildman–Crippen LogP) is 10.5. The lowest BCUT2D eigenvalue weighted by Gasteiger charge is -2.01. The van der Waals surface area contributed by atoms with E-state index in [1.165, 1.54) is 98.5 Å². The summed E-state index contributed by atoms with van der Waals surface area (Å²) in [5, 5.41) is 2.79. The van der Waals surface area contributed by atoms with E-state index in [0.29, 0.717) is 0 Å². The second kappa shape index (κ2) is 11.4. The molecular weight excluding hydrogens is 460 g/mol. The average molecular weight is 495 g/mol. The maximum absolute atomic E-state index is 3.39. The van der Waals surface area contributed by atoms with Gasteiger partial charge < -0.3 is 0 Å². The van der Waals surface area contributed by atoms with E-state index in [-0.39, 0.29) is 0 Å². The van der Waals surface area contributed by atoms with Crippen molar-refractivity contribution in [2.24, 2.45) is 0 Å². The monoisotopic (exact) mass is 494 g/mol. The number of hydrogen-bond donors (Lipinski definition) is 0. The van der Waals surface area contributed by atoms with Crippen molar-refractivity contribution in [1.29, 1.82) is 0 Å². The summed E-state index contributed by atoms with van der Waals surface area (Å²) in [5.74, 6) is 6.76. The molecule has 178 valence electrons. The first-order valence-corrected chi connectivity index (χ1v) is 14.9. The highest BCUT2D eigenvalue weighted by Crippen LogP contribution is 2.44. The Morgan fingerprint density at radius 3 is 1.83 bits per heavy atom. The van der Waals surface area contributed by atoms with Crippen molar-refractivity contribution in [3.05, 3.63) is 82.9 Å². The molecule has 0 N–H and O–H groups in total. The van der Waals surface area contributed by atoms with E-state index in [2.05, 4.69) is 86.4 Å². The third-order valence-electron chi connectivity index (χ3n) is 6.84. The summed E-state index contributed by atoms with van der Waals surface area (Å²) in [6, 6.07) is 22.7. The summed E-state index contributed by atoms with van der Waals surface area (Å²) in [7, 11) is 0. The lowest BCUT2D eigenvalue weighted by atomic mass is 10.1. The van der Waals surface area contributed by atoms with Gasteiger partial charge in [0.1, 0.15) is 0 Å². The van der Waals surface area contributed by atoms with Gasteiger partial charge in [0.25, 0.3) is 0 Å². The van der Waals surface area contributed by atoms with Crippen LogP contribution >= 0.6 is 22.7 Å². The molecule has 35 heavy (non-hydrogen) atoms. The fraction of sp³-hybridized carbons (Fsp3) is 0.333. The minimum atomic E-state index is 1.09. The Hall–Kier alpha value is -2.60. The van der Waals surface area contributed by atoms with Gasteiger partial charge in [-0.1, -0.05) is 88.1 Å². The number of aryl methyl sites for hydroxylation is 2. The highest BCUT2D eigenvalue weighted by Gasteiger charge is 2.12. The van der Waals surface area contributed by atoms with Gasteiger partial charge in [0.05, 0.1) is 9.40 Å². The molecule has 0 amide bonds. The van der Waals surface area contributed by atoms with Crippen LogP contribution in [0.1, 0.15) is 81.0 Å². The highest BCUT2D eigenvalue weighted by atomic mass is 32.1. The minimum absolute atomic E-state index is 1.09. The van der Waals surface area contributed by atoms with Crippen LogP contribution in [-0.2, 0) is 12.8 Å². The molecule has 0 spiro atoms. The largest absolute Gasteiger partial charge is 0.134 e. The van der Waals surface area contributed by atoms with Gasteiger partial charge in [-0.15, -0.1) is 22.7 Å². The van der Waals surface area contributed by atoms with Crippen molar-refractivity contribution >= 4 is 52.2 Å². The fourth-order valence-electron chi connectivity index (χ4n) is 4.77. The second-order valence-corrected chi connectivity index (χ2v) is 11.7. The number of hydrogen-bond acceptors (Lipinski definition) is 2. The third-order valence-corrected chi connectivity index (χ3v) is 9.34.